The molecule has 0 saturated heterocycles. The highest BCUT2D eigenvalue weighted by Gasteiger charge is 2.13. The molecule has 1 aliphatic rings. The van der Waals surface area contributed by atoms with Crippen LogP contribution in [0.1, 0.15) is 43.2 Å². The molecular formula is C17H28N2. The normalized spacial score (nSPS) is 15.9. The fraction of sp³-hybridized carbons (Fsp3) is 0.647. The molecule has 0 spiro atoms. The lowest BCUT2D eigenvalue weighted by atomic mass is 10.1. The highest BCUT2D eigenvalue weighted by atomic mass is 15.1. The maximum atomic E-state index is 3.69. The summed E-state index contributed by atoms with van der Waals surface area (Å²) in [5.74, 6) is 0. The van der Waals surface area contributed by atoms with Gasteiger partial charge in [-0.15, -0.1) is 0 Å². The number of hydrogen-bond acceptors (Lipinski definition) is 2. The molecule has 0 atom stereocenters. The van der Waals surface area contributed by atoms with E-state index in [-0.39, 0.29) is 0 Å². The van der Waals surface area contributed by atoms with E-state index >= 15 is 0 Å². The van der Waals surface area contributed by atoms with Gasteiger partial charge in [0, 0.05) is 25.3 Å². The molecule has 1 aromatic rings. The predicted octanol–water partition coefficient (Wildman–Crippen LogP) is 3.66. The van der Waals surface area contributed by atoms with E-state index in [2.05, 4.69) is 49.3 Å². The summed E-state index contributed by atoms with van der Waals surface area (Å²) in [5.41, 5.74) is 4.09. The van der Waals surface area contributed by atoms with Crippen molar-refractivity contribution in [1.82, 2.24) is 5.32 Å². The fourth-order valence-electron chi connectivity index (χ4n) is 3.11. The van der Waals surface area contributed by atoms with Crippen LogP contribution in [0.15, 0.2) is 18.2 Å². The van der Waals surface area contributed by atoms with Gasteiger partial charge in [0.2, 0.25) is 0 Å². The van der Waals surface area contributed by atoms with Crippen LogP contribution in [-0.4, -0.2) is 26.2 Å². The number of aryl methyl sites for hydroxylation is 2. The first-order valence-corrected chi connectivity index (χ1v) is 7.68. The van der Waals surface area contributed by atoms with Crippen molar-refractivity contribution >= 4 is 5.69 Å². The van der Waals surface area contributed by atoms with Gasteiger partial charge >= 0.3 is 0 Å². The molecule has 1 saturated carbocycles. The second-order valence-corrected chi connectivity index (χ2v) is 6.00. The Morgan fingerprint density at radius 1 is 1.21 bits per heavy atom. The van der Waals surface area contributed by atoms with Gasteiger partial charge in [-0.05, 0) is 51.3 Å². The maximum absolute atomic E-state index is 3.69. The molecule has 106 valence electrons. The molecule has 1 fully saturated rings. The Hall–Kier alpha value is -1.02. The highest BCUT2D eigenvalue weighted by molar-refractivity contribution is 5.53. The van der Waals surface area contributed by atoms with Crippen molar-refractivity contribution in [2.75, 3.05) is 25.0 Å². The third kappa shape index (κ3) is 4.24. The topological polar surface area (TPSA) is 15.3 Å². The maximum Gasteiger partial charge on any atom is 0.0393 e. The molecule has 1 aromatic carbocycles. The average Bonchev–Trinajstić information content (AvgIpc) is 2.87. The molecule has 0 bridgehead atoms. The molecule has 1 N–H and O–H groups in total. The first-order chi connectivity index (χ1) is 9.16. The first-order valence-electron chi connectivity index (χ1n) is 7.68. The minimum absolute atomic E-state index is 0.798. The first kappa shape index (κ1) is 14.4. The Morgan fingerprint density at radius 3 is 2.63 bits per heavy atom. The summed E-state index contributed by atoms with van der Waals surface area (Å²) in [4.78, 5) is 2.38. The molecule has 19 heavy (non-hydrogen) atoms. The lowest BCUT2D eigenvalue weighted by Crippen LogP contribution is -2.30. The second-order valence-electron chi connectivity index (χ2n) is 6.00. The number of nitrogens with zero attached hydrogens (tertiary/aromatic N) is 1. The van der Waals surface area contributed by atoms with E-state index in [1.807, 2.05) is 0 Å². The number of benzene rings is 1. The summed E-state index contributed by atoms with van der Waals surface area (Å²) in [6, 6.07) is 7.51. The number of nitrogens with one attached hydrogen (secondary N) is 1. The van der Waals surface area contributed by atoms with Gasteiger partial charge in [0.05, 0.1) is 0 Å². The summed E-state index contributed by atoms with van der Waals surface area (Å²) in [6.45, 7) is 6.64. The van der Waals surface area contributed by atoms with Crippen LogP contribution >= 0.6 is 0 Å². The quantitative estimate of drug-likeness (QED) is 0.785. The summed E-state index contributed by atoms with van der Waals surface area (Å²) in [6.07, 6.45) is 6.82. The van der Waals surface area contributed by atoms with Gasteiger partial charge < -0.3 is 10.2 Å². The van der Waals surface area contributed by atoms with Crippen LogP contribution in [-0.2, 0) is 0 Å². The summed E-state index contributed by atoms with van der Waals surface area (Å²) < 4.78 is 0. The molecule has 2 rings (SSSR count). The minimum Gasteiger partial charge on any atom is -0.374 e. The van der Waals surface area contributed by atoms with Gasteiger partial charge in [-0.25, -0.2) is 0 Å². The highest BCUT2D eigenvalue weighted by Crippen LogP contribution is 2.20. The lowest BCUT2D eigenvalue weighted by molar-refractivity contribution is 0.515. The van der Waals surface area contributed by atoms with E-state index in [9.17, 15) is 0 Å². The van der Waals surface area contributed by atoms with Gasteiger partial charge in [0.25, 0.3) is 0 Å². The zero-order valence-corrected chi connectivity index (χ0v) is 12.7. The zero-order chi connectivity index (χ0) is 13.7. The van der Waals surface area contributed by atoms with Crippen LogP contribution in [0.5, 0.6) is 0 Å². The SMILES string of the molecule is Cc1ccc(N(C)CCCNC2CCCC2)c(C)c1. The third-order valence-corrected chi connectivity index (χ3v) is 4.22. The molecule has 0 heterocycles. The van der Waals surface area contributed by atoms with Gasteiger partial charge in [0.15, 0.2) is 0 Å². The summed E-state index contributed by atoms with van der Waals surface area (Å²) in [5, 5.41) is 3.69. The van der Waals surface area contributed by atoms with E-state index in [4.69, 9.17) is 0 Å². The molecule has 0 aromatic heterocycles. The monoisotopic (exact) mass is 260 g/mol. The van der Waals surface area contributed by atoms with Crippen LogP contribution in [0.3, 0.4) is 0 Å². The van der Waals surface area contributed by atoms with Crippen molar-refractivity contribution in [2.24, 2.45) is 0 Å². The summed E-state index contributed by atoms with van der Waals surface area (Å²) in [7, 11) is 2.20. The minimum atomic E-state index is 0.798. The van der Waals surface area contributed by atoms with Crippen LogP contribution in [0.25, 0.3) is 0 Å². The number of anilines is 1. The number of hydrogen-bond donors (Lipinski definition) is 1. The van der Waals surface area contributed by atoms with Crippen LogP contribution < -0.4 is 10.2 Å². The second kappa shape index (κ2) is 6.95. The van der Waals surface area contributed by atoms with Gasteiger partial charge in [-0.1, -0.05) is 30.5 Å². The molecule has 2 nitrogen and oxygen atoms in total. The predicted molar refractivity (Wildman–Crippen MR) is 84.1 cm³/mol. The Kier molecular flexibility index (Phi) is 5.26. The largest absolute Gasteiger partial charge is 0.374 e. The molecule has 0 radical (unpaired) electrons. The molecular weight excluding hydrogens is 232 g/mol. The van der Waals surface area contributed by atoms with Crippen LogP contribution in [0, 0.1) is 13.8 Å². The fourth-order valence-corrected chi connectivity index (χ4v) is 3.11. The van der Waals surface area contributed by atoms with Crippen molar-refractivity contribution in [2.45, 2.75) is 52.0 Å². The molecule has 0 unspecified atom stereocenters. The van der Waals surface area contributed by atoms with Gasteiger partial charge in [-0.2, -0.15) is 0 Å². The van der Waals surface area contributed by atoms with E-state index in [0.717, 1.165) is 19.1 Å². The zero-order valence-electron chi connectivity index (χ0n) is 12.7. The van der Waals surface area contributed by atoms with Gasteiger partial charge in [-0.3, -0.25) is 0 Å². The molecule has 0 aliphatic heterocycles. The van der Waals surface area contributed by atoms with Gasteiger partial charge in [0.1, 0.15) is 0 Å². The molecule has 1 aliphatic carbocycles. The summed E-state index contributed by atoms with van der Waals surface area (Å²) >= 11 is 0. The Balaban J connectivity index is 1.72. The van der Waals surface area contributed by atoms with Crippen molar-refractivity contribution in [1.29, 1.82) is 0 Å². The Morgan fingerprint density at radius 2 is 1.95 bits per heavy atom. The van der Waals surface area contributed by atoms with Crippen molar-refractivity contribution in [3.05, 3.63) is 29.3 Å². The van der Waals surface area contributed by atoms with Crippen molar-refractivity contribution in [3.63, 3.8) is 0 Å². The number of rotatable bonds is 6. The van der Waals surface area contributed by atoms with E-state index < -0.39 is 0 Å². The lowest BCUT2D eigenvalue weighted by Gasteiger charge is -2.22. The molecule has 2 heteroatoms. The van der Waals surface area contributed by atoms with E-state index in [0.29, 0.717) is 0 Å². The Labute approximate surface area is 118 Å². The Bertz CT molecular complexity index is 394. The average molecular weight is 260 g/mol. The van der Waals surface area contributed by atoms with E-state index in [1.165, 1.54) is 48.9 Å². The van der Waals surface area contributed by atoms with Crippen molar-refractivity contribution < 1.29 is 0 Å². The molecule has 0 amide bonds. The third-order valence-electron chi connectivity index (χ3n) is 4.22. The van der Waals surface area contributed by atoms with Crippen LogP contribution in [0.4, 0.5) is 5.69 Å². The smallest absolute Gasteiger partial charge is 0.0393 e. The van der Waals surface area contributed by atoms with Crippen molar-refractivity contribution in [3.8, 4) is 0 Å². The van der Waals surface area contributed by atoms with Crippen LogP contribution in [0.2, 0.25) is 0 Å². The standard InChI is InChI=1S/C17H28N2/c1-14-9-10-17(15(2)13-14)19(3)12-6-11-18-16-7-4-5-8-16/h9-10,13,16,18H,4-8,11-12H2,1-3H3. The van der Waals surface area contributed by atoms with E-state index in [1.54, 1.807) is 0 Å².